The van der Waals surface area contributed by atoms with E-state index in [9.17, 15) is 4.79 Å². The third kappa shape index (κ3) is 4.26. The molecular weight excluding hydrogens is 332 g/mol. The van der Waals surface area contributed by atoms with E-state index in [1.807, 2.05) is 32.0 Å². The minimum atomic E-state index is -0.186. The normalized spacial score (nSPS) is 10.2. The molecule has 0 atom stereocenters. The van der Waals surface area contributed by atoms with Crippen molar-refractivity contribution in [2.45, 2.75) is 20.3 Å². The van der Waals surface area contributed by atoms with Crippen molar-refractivity contribution in [3.05, 3.63) is 46.3 Å². The summed E-state index contributed by atoms with van der Waals surface area (Å²) in [6, 6.07) is 7.55. The third-order valence-electron chi connectivity index (χ3n) is 2.87. The largest absolute Gasteiger partial charge is 0.351 e. The number of rotatable bonds is 5. The standard InChI is InChI=1S/C15H17BrN4O/c1-3-6-17-15(21)13-8-14(19-9-18-13)20-11-4-5-12(16)10(2)7-11/h4-5,7-9H,3,6H2,1-2H3,(H,17,21)(H,18,19,20). The second kappa shape index (κ2) is 7.17. The topological polar surface area (TPSA) is 66.9 Å². The second-order valence-electron chi connectivity index (χ2n) is 4.63. The number of carbonyl (C=O) groups is 1. The highest BCUT2D eigenvalue weighted by atomic mass is 79.9. The lowest BCUT2D eigenvalue weighted by Crippen LogP contribution is -2.25. The van der Waals surface area contributed by atoms with E-state index in [-0.39, 0.29) is 5.91 Å². The molecule has 0 aliphatic rings. The maximum absolute atomic E-state index is 11.9. The van der Waals surface area contributed by atoms with E-state index in [1.54, 1.807) is 6.07 Å². The Morgan fingerprint density at radius 1 is 1.29 bits per heavy atom. The number of carbonyl (C=O) groups excluding carboxylic acids is 1. The number of aryl methyl sites for hydroxylation is 1. The molecule has 0 fully saturated rings. The molecule has 0 radical (unpaired) electrons. The number of nitrogens with one attached hydrogen (secondary N) is 2. The van der Waals surface area contributed by atoms with Gasteiger partial charge >= 0.3 is 0 Å². The van der Waals surface area contributed by atoms with E-state index in [4.69, 9.17) is 0 Å². The summed E-state index contributed by atoms with van der Waals surface area (Å²) in [4.78, 5) is 20.0. The van der Waals surface area contributed by atoms with Crippen molar-refractivity contribution < 1.29 is 4.79 Å². The van der Waals surface area contributed by atoms with Gasteiger partial charge in [0.1, 0.15) is 17.8 Å². The van der Waals surface area contributed by atoms with Gasteiger partial charge in [0, 0.05) is 22.8 Å². The fourth-order valence-corrected chi connectivity index (χ4v) is 2.00. The highest BCUT2D eigenvalue weighted by Gasteiger charge is 2.08. The molecule has 6 heteroatoms. The van der Waals surface area contributed by atoms with Crippen LogP contribution in [-0.2, 0) is 0 Å². The summed E-state index contributed by atoms with van der Waals surface area (Å²) in [5.74, 6) is 0.405. The van der Waals surface area contributed by atoms with Crippen molar-refractivity contribution in [2.75, 3.05) is 11.9 Å². The van der Waals surface area contributed by atoms with E-state index in [1.165, 1.54) is 6.33 Å². The van der Waals surface area contributed by atoms with Crippen molar-refractivity contribution in [1.82, 2.24) is 15.3 Å². The van der Waals surface area contributed by atoms with Gasteiger partial charge in [0.25, 0.3) is 5.91 Å². The summed E-state index contributed by atoms with van der Waals surface area (Å²) in [7, 11) is 0. The number of halogens is 1. The van der Waals surface area contributed by atoms with Gasteiger partial charge in [-0.1, -0.05) is 22.9 Å². The van der Waals surface area contributed by atoms with Crippen LogP contribution in [0.3, 0.4) is 0 Å². The first-order chi connectivity index (χ1) is 10.1. The fourth-order valence-electron chi connectivity index (χ4n) is 1.75. The monoisotopic (exact) mass is 348 g/mol. The maximum Gasteiger partial charge on any atom is 0.270 e. The minimum Gasteiger partial charge on any atom is -0.351 e. The van der Waals surface area contributed by atoms with Gasteiger partial charge in [0.2, 0.25) is 0 Å². The number of hydrogen-bond donors (Lipinski definition) is 2. The predicted molar refractivity (Wildman–Crippen MR) is 86.8 cm³/mol. The van der Waals surface area contributed by atoms with Gasteiger partial charge in [-0.15, -0.1) is 0 Å². The van der Waals surface area contributed by atoms with Crippen LogP contribution in [0, 0.1) is 6.92 Å². The minimum absolute atomic E-state index is 0.186. The van der Waals surface area contributed by atoms with E-state index in [2.05, 4.69) is 36.5 Å². The summed E-state index contributed by atoms with van der Waals surface area (Å²) >= 11 is 3.46. The zero-order valence-electron chi connectivity index (χ0n) is 12.0. The summed E-state index contributed by atoms with van der Waals surface area (Å²) in [6.07, 6.45) is 2.27. The summed E-state index contributed by atoms with van der Waals surface area (Å²) in [5.41, 5.74) is 2.39. The molecule has 5 nitrogen and oxygen atoms in total. The molecule has 0 unspecified atom stereocenters. The van der Waals surface area contributed by atoms with Crippen molar-refractivity contribution >= 4 is 33.3 Å². The molecule has 0 saturated heterocycles. The molecule has 2 aromatic rings. The molecule has 1 amide bonds. The van der Waals surface area contributed by atoms with Crippen molar-refractivity contribution in [3.63, 3.8) is 0 Å². The molecular formula is C15H17BrN4O. The van der Waals surface area contributed by atoms with Crippen LogP contribution in [0.15, 0.2) is 35.1 Å². The van der Waals surface area contributed by atoms with Crippen LogP contribution < -0.4 is 10.6 Å². The van der Waals surface area contributed by atoms with Gasteiger partial charge in [-0.25, -0.2) is 9.97 Å². The Labute approximate surface area is 132 Å². The Balaban J connectivity index is 2.13. The van der Waals surface area contributed by atoms with Crippen LogP contribution in [-0.4, -0.2) is 22.4 Å². The molecule has 2 rings (SSSR count). The number of hydrogen-bond acceptors (Lipinski definition) is 4. The Bertz CT molecular complexity index is 645. The summed E-state index contributed by atoms with van der Waals surface area (Å²) in [6.45, 7) is 4.65. The van der Waals surface area contributed by atoms with Crippen LogP contribution in [0.4, 0.5) is 11.5 Å². The molecule has 1 aromatic carbocycles. The Morgan fingerprint density at radius 3 is 2.81 bits per heavy atom. The number of aromatic nitrogens is 2. The van der Waals surface area contributed by atoms with Gasteiger partial charge in [-0.05, 0) is 37.1 Å². The molecule has 1 aromatic heterocycles. The van der Waals surface area contributed by atoms with E-state index >= 15 is 0 Å². The number of benzene rings is 1. The van der Waals surface area contributed by atoms with Gasteiger partial charge in [0.15, 0.2) is 0 Å². The van der Waals surface area contributed by atoms with Crippen LogP contribution in [0.25, 0.3) is 0 Å². The molecule has 0 aliphatic carbocycles. The molecule has 0 aliphatic heterocycles. The van der Waals surface area contributed by atoms with E-state index < -0.39 is 0 Å². The lowest BCUT2D eigenvalue weighted by atomic mass is 10.2. The molecule has 0 saturated carbocycles. The number of nitrogens with zero attached hydrogens (tertiary/aromatic N) is 2. The van der Waals surface area contributed by atoms with Crippen LogP contribution in [0.2, 0.25) is 0 Å². The Morgan fingerprint density at radius 2 is 2.10 bits per heavy atom. The molecule has 21 heavy (non-hydrogen) atoms. The van der Waals surface area contributed by atoms with Crippen LogP contribution >= 0.6 is 15.9 Å². The average molecular weight is 349 g/mol. The van der Waals surface area contributed by atoms with Gasteiger partial charge in [0.05, 0.1) is 0 Å². The number of anilines is 2. The number of amides is 1. The smallest absolute Gasteiger partial charge is 0.270 e. The van der Waals surface area contributed by atoms with Crippen LogP contribution in [0.5, 0.6) is 0 Å². The lowest BCUT2D eigenvalue weighted by Gasteiger charge is -2.08. The van der Waals surface area contributed by atoms with E-state index in [0.717, 1.165) is 22.1 Å². The highest BCUT2D eigenvalue weighted by molar-refractivity contribution is 9.10. The van der Waals surface area contributed by atoms with Gasteiger partial charge in [-0.3, -0.25) is 4.79 Å². The molecule has 0 spiro atoms. The van der Waals surface area contributed by atoms with Crippen LogP contribution in [0.1, 0.15) is 29.4 Å². The summed E-state index contributed by atoms with van der Waals surface area (Å²) < 4.78 is 1.05. The van der Waals surface area contributed by atoms with Crippen molar-refractivity contribution in [3.8, 4) is 0 Å². The molecule has 110 valence electrons. The maximum atomic E-state index is 11.9. The Hall–Kier alpha value is -1.95. The van der Waals surface area contributed by atoms with Crippen molar-refractivity contribution in [2.24, 2.45) is 0 Å². The SMILES string of the molecule is CCCNC(=O)c1cc(Nc2ccc(Br)c(C)c2)ncn1. The van der Waals surface area contributed by atoms with Crippen molar-refractivity contribution in [1.29, 1.82) is 0 Å². The lowest BCUT2D eigenvalue weighted by molar-refractivity contribution is 0.0948. The van der Waals surface area contributed by atoms with E-state index in [0.29, 0.717) is 18.1 Å². The first-order valence-electron chi connectivity index (χ1n) is 6.73. The second-order valence-corrected chi connectivity index (χ2v) is 5.49. The molecule has 0 bridgehead atoms. The first kappa shape index (κ1) is 15.4. The zero-order chi connectivity index (χ0) is 15.2. The average Bonchev–Trinajstić information content (AvgIpc) is 2.49. The zero-order valence-corrected chi connectivity index (χ0v) is 13.6. The summed E-state index contributed by atoms with van der Waals surface area (Å²) in [5, 5.41) is 5.96. The van der Waals surface area contributed by atoms with Gasteiger partial charge < -0.3 is 10.6 Å². The molecule has 2 N–H and O–H groups in total. The predicted octanol–water partition coefficient (Wildman–Crippen LogP) is 3.43. The fraction of sp³-hybridized carbons (Fsp3) is 0.267. The first-order valence-corrected chi connectivity index (χ1v) is 7.53. The highest BCUT2D eigenvalue weighted by Crippen LogP contribution is 2.22. The quantitative estimate of drug-likeness (QED) is 0.868. The molecule has 1 heterocycles. The Kier molecular flexibility index (Phi) is 5.27. The third-order valence-corrected chi connectivity index (χ3v) is 3.76. The van der Waals surface area contributed by atoms with Gasteiger partial charge in [-0.2, -0.15) is 0 Å².